The molecule has 0 heterocycles. The molecule has 0 bridgehead atoms. The van der Waals surface area contributed by atoms with Gasteiger partial charge in [0, 0.05) is 25.2 Å². The minimum absolute atomic E-state index is 0.0165. The van der Waals surface area contributed by atoms with Crippen LogP contribution in [0.25, 0.3) is 6.08 Å². The van der Waals surface area contributed by atoms with Crippen LogP contribution in [0.5, 0.6) is 5.75 Å². The Bertz CT molecular complexity index is 706. The molecule has 4 nitrogen and oxygen atoms in total. The Morgan fingerprint density at radius 3 is 2.60 bits per heavy atom. The summed E-state index contributed by atoms with van der Waals surface area (Å²) in [6.07, 6.45) is 3.47. The number of methoxy groups -OCH3 is 1. The maximum absolute atomic E-state index is 12.2. The van der Waals surface area contributed by atoms with Gasteiger partial charge in [0.15, 0.2) is 5.78 Å². The van der Waals surface area contributed by atoms with E-state index in [9.17, 15) is 4.79 Å². The number of hydrogen-bond acceptors (Lipinski definition) is 4. The van der Waals surface area contributed by atoms with E-state index in [1.807, 2.05) is 18.2 Å². The summed E-state index contributed by atoms with van der Waals surface area (Å²) in [4.78, 5) is 14.4. The van der Waals surface area contributed by atoms with Crippen molar-refractivity contribution in [3.05, 3.63) is 71.3 Å². The number of hydrogen-bond donors (Lipinski definition) is 1. The standard InChI is InChI=1S/C21H26N2O2/c1-23(2)14-13-22-16-18-6-4-5-17(15-18)7-12-21(24)19-8-10-20(25-3)11-9-19/h4-12,15,22H,13-14,16H2,1-3H3. The molecule has 0 saturated carbocycles. The van der Waals surface area contributed by atoms with Crippen LogP contribution in [-0.2, 0) is 6.54 Å². The summed E-state index contributed by atoms with van der Waals surface area (Å²) in [5, 5.41) is 3.42. The molecule has 2 aromatic rings. The Hall–Kier alpha value is -2.43. The Kier molecular flexibility index (Phi) is 7.38. The highest BCUT2D eigenvalue weighted by Crippen LogP contribution is 2.13. The van der Waals surface area contributed by atoms with E-state index in [1.54, 1.807) is 37.5 Å². The van der Waals surface area contributed by atoms with Gasteiger partial charge in [-0.05, 0) is 55.6 Å². The lowest BCUT2D eigenvalue weighted by molar-refractivity contribution is 0.104. The number of nitrogens with zero attached hydrogens (tertiary/aromatic N) is 1. The van der Waals surface area contributed by atoms with E-state index in [4.69, 9.17) is 4.74 Å². The Labute approximate surface area is 150 Å². The fourth-order valence-corrected chi connectivity index (χ4v) is 2.37. The molecule has 2 rings (SSSR count). The molecule has 4 heteroatoms. The molecule has 0 amide bonds. The molecule has 2 aromatic carbocycles. The van der Waals surface area contributed by atoms with Crippen molar-refractivity contribution in [2.24, 2.45) is 0 Å². The SMILES string of the molecule is COc1ccc(C(=O)C=Cc2cccc(CNCCN(C)C)c2)cc1. The van der Waals surface area contributed by atoms with Crippen molar-refractivity contribution in [3.63, 3.8) is 0 Å². The number of carbonyl (C=O) groups excluding carboxylic acids is 1. The largest absolute Gasteiger partial charge is 0.497 e. The quantitative estimate of drug-likeness (QED) is 0.433. The van der Waals surface area contributed by atoms with E-state index in [0.717, 1.165) is 30.9 Å². The van der Waals surface area contributed by atoms with Crippen molar-refractivity contribution in [2.75, 3.05) is 34.3 Å². The third-order valence-electron chi connectivity index (χ3n) is 3.82. The van der Waals surface area contributed by atoms with Gasteiger partial charge < -0.3 is 15.0 Å². The van der Waals surface area contributed by atoms with E-state index in [0.29, 0.717) is 5.56 Å². The van der Waals surface area contributed by atoms with Crippen LogP contribution >= 0.6 is 0 Å². The first-order valence-corrected chi connectivity index (χ1v) is 8.39. The summed E-state index contributed by atoms with van der Waals surface area (Å²) in [7, 11) is 5.74. The lowest BCUT2D eigenvalue weighted by Crippen LogP contribution is -2.26. The molecule has 0 spiro atoms. The second-order valence-electron chi connectivity index (χ2n) is 6.15. The average Bonchev–Trinajstić information content (AvgIpc) is 2.63. The summed E-state index contributed by atoms with van der Waals surface area (Å²) in [6.45, 7) is 2.78. The topological polar surface area (TPSA) is 41.6 Å². The number of likely N-dealkylation sites (N-methyl/N-ethyl adjacent to an activating group) is 1. The van der Waals surface area contributed by atoms with Crippen LogP contribution in [0.2, 0.25) is 0 Å². The zero-order valence-corrected chi connectivity index (χ0v) is 15.2. The zero-order valence-electron chi connectivity index (χ0n) is 15.2. The normalized spacial score (nSPS) is 11.2. The van der Waals surface area contributed by atoms with Crippen molar-refractivity contribution in [1.29, 1.82) is 0 Å². The summed E-state index contributed by atoms with van der Waals surface area (Å²) in [5.41, 5.74) is 2.88. The number of ether oxygens (including phenoxy) is 1. The first-order chi connectivity index (χ1) is 12.1. The van der Waals surface area contributed by atoms with Crippen LogP contribution in [0, 0.1) is 0 Å². The van der Waals surface area contributed by atoms with Crippen molar-refractivity contribution in [3.8, 4) is 5.75 Å². The molecule has 0 radical (unpaired) electrons. The third-order valence-corrected chi connectivity index (χ3v) is 3.82. The second-order valence-corrected chi connectivity index (χ2v) is 6.15. The highest BCUT2D eigenvalue weighted by Gasteiger charge is 2.02. The molecular formula is C21H26N2O2. The maximum Gasteiger partial charge on any atom is 0.185 e. The number of carbonyl (C=O) groups is 1. The predicted octanol–water partition coefficient (Wildman–Crippen LogP) is 3.24. The van der Waals surface area contributed by atoms with E-state index in [2.05, 4.69) is 36.4 Å². The minimum Gasteiger partial charge on any atom is -0.497 e. The van der Waals surface area contributed by atoms with Crippen molar-refractivity contribution >= 4 is 11.9 Å². The van der Waals surface area contributed by atoms with Gasteiger partial charge in [0.2, 0.25) is 0 Å². The number of allylic oxidation sites excluding steroid dienone is 1. The van der Waals surface area contributed by atoms with E-state index in [-0.39, 0.29) is 5.78 Å². The Balaban J connectivity index is 1.93. The van der Waals surface area contributed by atoms with Gasteiger partial charge in [0.1, 0.15) is 5.75 Å². The van der Waals surface area contributed by atoms with Crippen LogP contribution in [0.15, 0.2) is 54.6 Å². The third kappa shape index (κ3) is 6.53. The van der Waals surface area contributed by atoms with Gasteiger partial charge in [-0.1, -0.05) is 30.3 Å². The number of rotatable bonds is 9. The highest BCUT2D eigenvalue weighted by molar-refractivity contribution is 6.06. The molecule has 1 N–H and O–H groups in total. The maximum atomic E-state index is 12.2. The van der Waals surface area contributed by atoms with Gasteiger partial charge in [-0.25, -0.2) is 0 Å². The lowest BCUT2D eigenvalue weighted by atomic mass is 10.1. The molecule has 0 aromatic heterocycles. The van der Waals surface area contributed by atoms with Crippen LogP contribution in [-0.4, -0.2) is 45.0 Å². The minimum atomic E-state index is -0.0165. The molecule has 0 unspecified atom stereocenters. The average molecular weight is 338 g/mol. The first-order valence-electron chi connectivity index (χ1n) is 8.39. The predicted molar refractivity (Wildman–Crippen MR) is 103 cm³/mol. The van der Waals surface area contributed by atoms with E-state index in [1.165, 1.54) is 5.56 Å². The van der Waals surface area contributed by atoms with Crippen LogP contribution < -0.4 is 10.1 Å². The van der Waals surface area contributed by atoms with Crippen LogP contribution in [0.4, 0.5) is 0 Å². The molecule has 0 aliphatic heterocycles. The smallest absolute Gasteiger partial charge is 0.185 e. The molecule has 0 aliphatic carbocycles. The summed E-state index contributed by atoms with van der Waals surface area (Å²) in [5.74, 6) is 0.729. The highest BCUT2D eigenvalue weighted by atomic mass is 16.5. The van der Waals surface area contributed by atoms with Crippen LogP contribution in [0.3, 0.4) is 0 Å². The van der Waals surface area contributed by atoms with Gasteiger partial charge in [-0.15, -0.1) is 0 Å². The fraction of sp³-hybridized carbons (Fsp3) is 0.286. The number of nitrogens with one attached hydrogen (secondary N) is 1. The first kappa shape index (κ1) is 18.9. The molecule has 0 atom stereocenters. The monoisotopic (exact) mass is 338 g/mol. The Morgan fingerprint density at radius 2 is 1.92 bits per heavy atom. The van der Waals surface area contributed by atoms with Gasteiger partial charge in [-0.2, -0.15) is 0 Å². The van der Waals surface area contributed by atoms with E-state index < -0.39 is 0 Å². The summed E-state index contributed by atoms with van der Waals surface area (Å²) < 4.78 is 5.11. The van der Waals surface area contributed by atoms with E-state index >= 15 is 0 Å². The summed E-state index contributed by atoms with van der Waals surface area (Å²) in [6, 6.07) is 15.3. The Morgan fingerprint density at radius 1 is 1.16 bits per heavy atom. The van der Waals surface area contributed by atoms with Gasteiger partial charge in [0.25, 0.3) is 0 Å². The molecule has 0 aliphatic rings. The van der Waals surface area contributed by atoms with Crippen molar-refractivity contribution in [1.82, 2.24) is 10.2 Å². The van der Waals surface area contributed by atoms with Gasteiger partial charge >= 0.3 is 0 Å². The number of benzene rings is 2. The van der Waals surface area contributed by atoms with Crippen molar-refractivity contribution < 1.29 is 9.53 Å². The van der Waals surface area contributed by atoms with Gasteiger partial charge in [0.05, 0.1) is 7.11 Å². The van der Waals surface area contributed by atoms with Crippen LogP contribution in [0.1, 0.15) is 21.5 Å². The molecule has 0 saturated heterocycles. The zero-order chi connectivity index (χ0) is 18.1. The van der Waals surface area contributed by atoms with Crippen molar-refractivity contribution in [2.45, 2.75) is 6.54 Å². The molecule has 25 heavy (non-hydrogen) atoms. The molecular weight excluding hydrogens is 312 g/mol. The summed E-state index contributed by atoms with van der Waals surface area (Å²) >= 11 is 0. The molecule has 0 fully saturated rings. The van der Waals surface area contributed by atoms with Gasteiger partial charge in [-0.3, -0.25) is 4.79 Å². The second kappa shape index (κ2) is 9.77. The lowest BCUT2D eigenvalue weighted by Gasteiger charge is -2.10. The number of ketones is 1. The molecule has 132 valence electrons. The fourth-order valence-electron chi connectivity index (χ4n) is 2.37.